The van der Waals surface area contributed by atoms with Crippen molar-refractivity contribution < 1.29 is 9.59 Å². The van der Waals surface area contributed by atoms with E-state index in [4.69, 9.17) is 0 Å². The standard InChI is InChI=1S/C19H28N2O2/c22-18(13-7-10-16-8-3-1-4-9-16)20-14-15-21-19(23)17-11-5-2-6-12-17/h2,5-6,11-12,16H,1,3-4,7-10,13-15H2,(H,20,22)(H,21,23). The molecule has 0 heterocycles. The predicted molar refractivity (Wildman–Crippen MR) is 92.2 cm³/mol. The smallest absolute Gasteiger partial charge is 0.251 e. The number of hydrogen-bond acceptors (Lipinski definition) is 2. The molecule has 0 bridgehead atoms. The van der Waals surface area contributed by atoms with Crippen LogP contribution in [0.2, 0.25) is 0 Å². The molecular formula is C19H28N2O2. The van der Waals surface area contributed by atoms with E-state index in [1.807, 2.05) is 18.2 Å². The van der Waals surface area contributed by atoms with E-state index in [2.05, 4.69) is 10.6 Å². The minimum absolute atomic E-state index is 0.0924. The summed E-state index contributed by atoms with van der Waals surface area (Å²) in [4.78, 5) is 23.6. The Hall–Kier alpha value is -1.84. The molecular weight excluding hydrogens is 288 g/mol. The summed E-state index contributed by atoms with van der Waals surface area (Å²) in [5, 5.41) is 5.68. The number of rotatable bonds is 8. The molecule has 23 heavy (non-hydrogen) atoms. The summed E-state index contributed by atoms with van der Waals surface area (Å²) in [7, 11) is 0. The Morgan fingerprint density at radius 1 is 0.957 bits per heavy atom. The van der Waals surface area contributed by atoms with Gasteiger partial charge in [-0.05, 0) is 30.9 Å². The van der Waals surface area contributed by atoms with Crippen LogP contribution in [0.1, 0.15) is 61.7 Å². The van der Waals surface area contributed by atoms with E-state index in [0.29, 0.717) is 25.1 Å². The van der Waals surface area contributed by atoms with E-state index >= 15 is 0 Å². The molecule has 2 amide bonds. The summed E-state index contributed by atoms with van der Waals surface area (Å²) in [5.74, 6) is 0.827. The Bertz CT molecular complexity index is 481. The zero-order chi connectivity index (χ0) is 16.3. The van der Waals surface area contributed by atoms with Gasteiger partial charge in [0.1, 0.15) is 0 Å². The highest BCUT2D eigenvalue weighted by molar-refractivity contribution is 5.94. The predicted octanol–water partition coefficient (Wildman–Crippen LogP) is 3.28. The van der Waals surface area contributed by atoms with E-state index in [9.17, 15) is 9.59 Å². The molecule has 0 unspecified atom stereocenters. The molecule has 0 saturated heterocycles. The lowest BCUT2D eigenvalue weighted by atomic mass is 9.86. The number of nitrogens with one attached hydrogen (secondary N) is 2. The molecule has 2 N–H and O–H groups in total. The van der Waals surface area contributed by atoms with Crippen LogP contribution in [0.3, 0.4) is 0 Å². The van der Waals surface area contributed by atoms with Crippen molar-refractivity contribution in [2.45, 2.75) is 51.4 Å². The summed E-state index contributed by atoms with van der Waals surface area (Å²) >= 11 is 0. The fourth-order valence-electron chi connectivity index (χ4n) is 3.19. The van der Waals surface area contributed by atoms with Crippen LogP contribution in [0.15, 0.2) is 30.3 Å². The van der Waals surface area contributed by atoms with Gasteiger partial charge in [0.25, 0.3) is 5.91 Å². The average molecular weight is 316 g/mol. The molecule has 1 fully saturated rings. The van der Waals surface area contributed by atoms with Crippen molar-refractivity contribution in [3.63, 3.8) is 0 Å². The molecule has 4 heteroatoms. The van der Waals surface area contributed by atoms with Crippen molar-refractivity contribution in [1.29, 1.82) is 0 Å². The first-order chi connectivity index (χ1) is 11.3. The molecule has 0 aromatic heterocycles. The van der Waals surface area contributed by atoms with Gasteiger partial charge in [-0.2, -0.15) is 0 Å². The maximum atomic E-state index is 11.8. The second-order valence-electron chi connectivity index (χ2n) is 6.37. The van der Waals surface area contributed by atoms with Gasteiger partial charge in [0.2, 0.25) is 5.91 Å². The number of carbonyl (C=O) groups excluding carboxylic acids is 2. The fourth-order valence-corrected chi connectivity index (χ4v) is 3.19. The van der Waals surface area contributed by atoms with Crippen molar-refractivity contribution in [1.82, 2.24) is 10.6 Å². The van der Waals surface area contributed by atoms with Crippen LogP contribution in [0.4, 0.5) is 0 Å². The molecule has 1 aliphatic carbocycles. The first-order valence-corrected chi connectivity index (χ1v) is 8.85. The highest BCUT2D eigenvalue weighted by Crippen LogP contribution is 2.27. The summed E-state index contributed by atoms with van der Waals surface area (Å²) in [6.45, 7) is 0.947. The Balaban J connectivity index is 1.50. The van der Waals surface area contributed by atoms with Gasteiger partial charge in [-0.1, -0.05) is 50.3 Å². The van der Waals surface area contributed by atoms with Gasteiger partial charge in [0, 0.05) is 25.1 Å². The fraction of sp³-hybridized carbons (Fsp3) is 0.579. The van der Waals surface area contributed by atoms with Gasteiger partial charge in [0.05, 0.1) is 0 Å². The SMILES string of the molecule is O=C(CCCC1CCCCC1)NCCNC(=O)c1ccccc1. The first kappa shape index (κ1) is 17.5. The monoisotopic (exact) mass is 316 g/mol. The molecule has 0 atom stereocenters. The van der Waals surface area contributed by atoms with Crippen molar-refractivity contribution in [3.8, 4) is 0 Å². The summed E-state index contributed by atoms with van der Waals surface area (Å²) in [6.07, 6.45) is 9.54. The Morgan fingerprint density at radius 2 is 1.65 bits per heavy atom. The van der Waals surface area contributed by atoms with Crippen molar-refractivity contribution in [2.75, 3.05) is 13.1 Å². The van der Waals surface area contributed by atoms with Crippen LogP contribution in [-0.4, -0.2) is 24.9 Å². The van der Waals surface area contributed by atoms with Crippen LogP contribution in [0.25, 0.3) is 0 Å². The van der Waals surface area contributed by atoms with E-state index in [-0.39, 0.29) is 11.8 Å². The molecule has 1 aromatic carbocycles. The molecule has 0 aliphatic heterocycles. The van der Waals surface area contributed by atoms with Crippen LogP contribution in [0.5, 0.6) is 0 Å². The van der Waals surface area contributed by atoms with Crippen molar-refractivity contribution in [3.05, 3.63) is 35.9 Å². The van der Waals surface area contributed by atoms with Gasteiger partial charge in [-0.25, -0.2) is 0 Å². The molecule has 1 aliphatic rings. The highest BCUT2D eigenvalue weighted by atomic mass is 16.2. The minimum atomic E-state index is -0.0999. The zero-order valence-corrected chi connectivity index (χ0v) is 13.9. The van der Waals surface area contributed by atoms with E-state index in [0.717, 1.165) is 12.3 Å². The lowest BCUT2D eigenvalue weighted by Crippen LogP contribution is -2.34. The molecule has 0 radical (unpaired) electrons. The van der Waals surface area contributed by atoms with Crippen molar-refractivity contribution >= 4 is 11.8 Å². The molecule has 4 nitrogen and oxygen atoms in total. The maximum absolute atomic E-state index is 11.8. The molecule has 1 saturated carbocycles. The van der Waals surface area contributed by atoms with Crippen LogP contribution < -0.4 is 10.6 Å². The number of benzene rings is 1. The highest BCUT2D eigenvalue weighted by Gasteiger charge is 2.13. The van der Waals surface area contributed by atoms with Crippen LogP contribution in [0, 0.1) is 5.92 Å². The van der Waals surface area contributed by atoms with Crippen molar-refractivity contribution in [2.24, 2.45) is 5.92 Å². The van der Waals surface area contributed by atoms with Gasteiger partial charge in [-0.15, -0.1) is 0 Å². The molecule has 0 spiro atoms. The lowest BCUT2D eigenvalue weighted by molar-refractivity contribution is -0.121. The largest absolute Gasteiger partial charge is 0.354 e. The van der Waals surface area contributed by atoms with Crippen LogP contribution >= 0.6 is 0 Å². The number of amides is 2. The molecule has 1 aromatic rings. The molecule has 126 valence electrons. The van der Waals surface area contributed by atoms with Gasteiger partial charge < -0.3 is 10.6 Å². The third-order valence-electron chi connectivity index (χ3n) is 4.51. The van der Waals surface area contributed by atoms with Gasteiger partial charge in [0.15, 0.2) is 0 Å². The van der Waals surface area contributed by atoms with Crippen LogP contribution in [-0.2, 0) is 4.79 Å². The molecule has 2 rings (SSSR count). The van der Waals surface area contributed by atoms with Gasteiger partial charge in [-0.3, -0.25) is 9.59 Å². The summed E-state index contributed by atoms with van der Waals surface area (Å²) in [5.41, 5.74) is 0.645. The third-order valence-corrected chi connectivity index (χ3v) is 4.51. The quantitative estimate of drug-likeness (QED) is 0.723. The normalized spacial score (nSPS) is 15.1. The number of hydrogen-bond donors (Lipinski definition) is 2. The summed E-state index contributed by atoms with van der Waals surface area (Å²) in [6, 6.07) is 9.11. The summed E-state index contributed by atoms with van der Waals surface area (Å²) < 4.78 is 0. The second-order valence-corrected chi connectivity index (χ2v) is 6.37. The lowest BCUT2D eigenvalue weighted by Gasteiger charge is -2.21. The third kappa shape index (κ3) is 6.85. The maximum Gasteiger partial charge on any atom is 0.251 e. The Kier molecular flexibility index (Phi) is 7.64. The zero-order valence-electron chi connectivity index (χ0n) is 13.9. The van der Waals surface area contributed by atoms with E-state index in [1.165, 1.54) is 38.5 Å². The number of carbonyl (C=O) groups is 2. The topological polar surface area (TPSA) is 58.2 Å². The Morgan fingerprint density at radius 3 is 2.39 bits per heavy atom. The average Bonchev–Trinajstić information content (AvgIpc) is 2.60. The minimum Gasteiger partial charge on any atom is -0.354 e. The Labute approximate surface area is 139 Å². The van der Waals surface area contributed by atoms with E-state index in [1.54, 1.807) is 12.1 Å². The van der Waals surface area contributed by atoms with Gasteiger partial charge >= 0.3 is 0 Å². The second kappa shape index (κ2) is 10.0. The van der Waals surface area contributed by atoms with E-state index < -0.39 is 0 Å². The first-order valence-electron chi connectivity index (χ1n) is 8.85.